The molecular weight excluding hydrogens is 270 g/mol. The summed E-state index contributed by atoms with van der Waals surface area (Å²) in [6.07, 6.45) is 12.2. The first-order valence-electron chi connectivity index (χ1n) is 9.24. The lowest BCUT2D eigenvalue weighted by molar-refractivity contribution is 0.218. The van der Waals surface area contributed by atoms with Crippen LogP contribution in [0.3, 0.4) is 0 Å². The van der Waals surface area contributed by atoms with Gasteiger partial charge in [-0.15, -0.1) is 0 Å². The number of fused-ring (bicyclic) bond motifs is 1. The van der Waals surface area contributed by atoms with Crippen LogP contribution in [0.5, 0.6) is 5.75 Å². The summed E-state index contributed by atoms with van der Waals surface area (Å²) < 4.78 is 6.16. The van der Waals surface area contributed by atoms with E-state index in [4.69, 9.17) is 4.74 Å². The van der Waals surface area contributed by atoms with Crippen molar-refractivity contribution in [3.05, 3.63) is 29.3 Å². The number of rotatable bonds is 7. The highest BCUT2D eigenvalue weighted by Crippen LogP contribution is 2.31. The summed E-state index contributed by atoms with van der Waals surface area (Å²) in [5.41, 5.74) is 3.06. The predicted molar refractivity (Wildman–Crippen MR) is 92.6 cm³/mol. The average molecular weight is 301 g/mol. The Hall–Kier alpha value is -1.02. The van der Waals surface area contributed by atoms with E-state index in [9.17, 15) is 0 Å². The Kier molecular flexibility index (Phi) is 5.77. The molecule has 22 heavy (non-hydrogen) atoms. The van der Waals surface area contributed by atoms with Gasteiger partial charge in [-0.1, -0.05) is 31.7 Å². The SMILES string of the molecule is CNCC(COc1ccc2c(c1)CCCC2)CC1CCCC1. The minimum Gasteiger partial charge on any atom is -0.493 e. The molecule has 122 valence electrons. The van der Waals surface area contributed by atoms with Gasteiger partial charge in [0, 0.05) is 12.5 Å². The number of benzene rings is 1. The van der Waals surface area contributed by atoms with E-state index in [1.165, 1.54) is 68.9 Å². The second-order valence-corrected chi connectivity index (χ2v) is 7.26. The molecule has 1 fully saturated rings. The zero-order chi connectivity index (χ0) is 15.2. The number of aryl methyl sites for hydroxylation is 2. The van der Waals surface area contributed by atoms with Crippen LogP contribution in [-0.4, -0.2) is 20.2 Å². The van der Waals surface area contributed by atoms with E-state index in [0.717, 1.165) is 24.8 Å². The van der Waals surface area contributed by atoms with Crippen LogP contribution in [0.2, 0.25) is 0 Å². The predicted octanol–water partition coefficient (Wildman–Crippen LogP) is 4.36. The molecule has 0 aromatic heterocycles. The molecule has 2 aliphatic carbocycles. The Labute approximate surface area is 135 Å². The molecule has 0 bridgehead atoms. The van der Waals surface area contributed by atoms with E-state index >= 15 is 0 Å². The van der Waals surface area contributed by atoms with E-state index in [1.54, 1.807) is 0 Å². The van der Waals surface area contributed by atoms with Crippen molar-refractivity contribution in [3.63, 3.8) is 0 Å². The fourth-order valence-corrected chi connectivity index (χ4v) is 4.23. The smallest absolute Gasteiger partial charge is 0.119 e. The van der Waals surface area contributed by atoms with Crippen molar-refractivity contribution in [2.75, 3.05) is 20.2 Å². The van der Waals surface area contributed by atoms with Gasteiger partial charge in [-0.2, -0.15) is 0 Å². The molecule has 2 heteroatoms. The van der Waals surface area contributed by atoms with Gasteiger partial charge in [0.2, 0.25) is 0 Å². The van der Waals surface area contributed by atoms with Gasteiger partial charge in [-0.25, -0.2) is 0 Å². The molecule has 2 aliphatic rings. The van der Waals surface area contributed by atoms with Gasteiger partial charge in [0.05, 0.1) is 6.61 Å². The largest absolute Gasteiger partial charge is 0.493 e. The second-order valence-electron chi connectivity index (χ2n) is 7.26. The molecule has 0 aliphatic heterocycles. The maximum atomic E-state index is 6.16. The Morgan fingerprint density at radius 3 is 2.64 bits per heavy atom. The number of hydrogen-bond donors (Lipinski definition) is 1. The summed E-state index contributed by atoms with van der Waals surface area (Å²) in [5, 5.41) is 3.35. The van der Waals surface area contributed by atoms with Gasteiger partial charge in [0.25, 0.3) is 0 Å². The Morgan fingerprint density at radius 1 is 1.09 bits per heavy atom. The van der Waals surface area contributed by atoms with E-state index < -0.39 is 0 Å². The van der Waals surface area contributed by atoms with Crippen LogP contribution in [-0.2, 0) is 12.8 Å². The standard InChI is InChI=1S/C20H31NO/c1-21-14-17(12-16-6-2-3-7-16)15-22-20-11-10-18-8-4-5-9-19(18)13-20/h10-11,13,16-17,21H,2-9,12,14-15H2,1H3. The molecule has 1 unspecified atom stereocenters. The van der Waals surface area contributed by atoms with Gasteiger partial charge in [0.15, 0.2) is 0 Å². The second kappa shape index (κ2) is 8.01. The first-order valence-corrected chi connectivity index (χ1v) is 9.24. The summed E-state index contributed by atoms with van der Waals surface area (Å²) >= 11 is 0. The quantitative estimate of drug-likeness (QED) is 0.808. The molecule has 0 spiro atoms. The van der Waals surface area contributed by atoms with Crippen LogP contribution in [0.25, 0.3) is 0 Å². The third kappa shape index (κ3) is 4.25. The molecule has 0 heterocycles. The summed E-state index contributed by atoms with van der Waals surface area (Å²) in [4.78, 5) is 0. The fraction of sp³-hybridized carbons (Fsp3) is 0.700. The molecule has 1 aromatic carbocycles. The van der Waals surface area contributed by atoms with Crippen molar-refractivity contribution in [2.24, 2.45) is 11.8 Å². The summed E-state index contributed by atoms with van der Waals surface area (Å²) in [5.74, 6) is 2.66. The van der Waals surface area contributed by atoms with Crippen LogP contribution >= 0.6 is 0 Å². The number of ether oxygens (including phenoxy) is 1. The Bertz CT molecular complexity index is 465. The highest BCUT2D eigenvalue weighted by atomic mass is 16.5. The number of nitrogens with one attached hydrogen (secondary N) is 1. The van der Waals surface area contributed by atoms with Crippen molar-refractivity contribution in [1.29, 1.82) is 0 Å². The van der Waals surface area contributed by atoms with Crippen LogP contribution in [0.15, 0.2) is 18.2 Å². The highest BCUT2D eigenvalue weighted by Gasteiger charge is 2.20. The molecule has 1 atom stereocenters. The zero-order valence-electron chi connectivity index (χ0n) is 14.1. The molecule has 3 rings (SSSR count). The molecule has 0 amide bonds. The number of hydrogen-bond acceptors (Lipinski definition) is 2. The first-order chi connectivity index (χ1) is 10.8. The van der Waals surface area contributed by atoms with Crippen LogP contribution in [0, 0.1) is 11.8 Å². The topological polar surface area (TPSA) is 21.3 Å². The minimum atomic E-state index is 0.643. The van der Waals surface area contributed by atoms with Gasteiger partial charge < -0.3 is 10.1 Å². The lowest BCUT2D eigenvalue weighted by Crippen LogP contribution is -2.26. The Balaban J connectivity index is 1.54. The van der Waals surface area contributed by atoms with Crippen molar-refractivity contribution >= 4 is 0 Å². The van der Waals surface area contributed by atoms with E-state index in [0.29, 0.717) is 5.92 Å². The van der Waals surface area contributed by atoms with Gasteiger partial charge in [-0.3, -0.25) is 0 Å². The maximum absolute atomic E-state index is 6.16. The lowest BCUT2D eigenvalue weighted by atomic mass is 9.91. The third-order valence-electron chi connectivity index (χ3n) is 5.44. The third-order valence-corrected chi connectivity index (χ3v) is 5.44. The monoisotopic (exact) mass is 301 g/mol. The molecule has 1 N–H and O–H groups in total. The Morgan fingerprint density at radius 2 is 1.86 bits per heavy atom. The maximum Gasteiger partial charge on any atom is 0.119 e. The van der Waals surface area contributed by atoms with Gasteiger partial charge >= 0.3 is 0 Å². The van der Waals surface area contributed by atoms with Crippen LogP contribution in [0.1, 0.15) is 56.1 Å². The van der Waals surface area contributed by atoms with Gasteiger partial charge in [-0.05, 0) is 68.3 Å². The summed E-state index contributed by atoms with van der Waals surface area (Å²) in [6, 6.07) is 6.75. The molecule has 0 radical (unpaired) electrons. The minimum absolute atomic E-state index is 0.643. The van der Waals surface area contributed by atoms with Gasteiger partial charge in [0.1, 0.15) is 5.75 Å². The normalized spacial score (nSPS) is 19.9. The first kappa shape index (κ1) is 15.9. The van der Waals surface area contributed by atoms with Crippen LogP contribution in [0.4, 0.5) is 0 Å². The molecule has 2 nitrogen and oxygen atoms in total. The summed E-state index contributed by atoms with van der Waals surface area (Å²) in [7, 11) is 2.06. The molecule has 0 saturated heterocycles. The molecule has 1 saturated carbocycles. The van der Waals surface area contributed by atoms with Crippen molar-refractivity contribution in [3.8, 4) is 5.75 Å². The van der Waals surface area contributed by atoms with E-state index in [1.807, 2.05) is 0 Å². The molecule has 1 aromatic rings. The fourth-order valence-electron chi connectivity index (χ4n) is 4.23. The molecular formula is C20H31NO. The van der Waals surface area contributed by atoms with E-state index in [-0.39, 0.29) is 0 Å². The average Bonchev–Trinajstić information content (AvgIpc) is 3.06. The van der Waals surface area contributed by atoms with Crippen molar-refractivity contribution in [2.45, 2.75) is 57.8 Å². The van der Waals surface area contributed by atoms with E-state index in [2.05, 4.69) is 30.6 Å². The van der Waals surface area contributed by atoms with Crippen molar-refractivity contribution < 1.29 is 4.74 Å². The summed E-state index contributed by atoms with van der Waals surface area (Å²) in [6.45, 7) is 1.93. The zero-order valence-corrected chi connectivity index (χ0v) is 14.1. The van der Waals surface area contributed by atoms with Crippen molar-refractivity contribution in [1.82, 2.24) is 5.32 Å². The lowest BCUT2D eigenvalue weighted by Gasteiger charge is -2.22. The highest BCUT2D eigenvalue weighted by molar-refractivity contribution is 5.37. The van der Waals surface area contributed by atoms with Crippen LogP contribution < -0.4 is 10.1 Å².